The largest absolute Gasteiger partial charge is 0.495 e. The molecule has 2 heterocycles. The number of carbonyl (C=O) groups excluding carboxylic acids is 1. The zero-order valence-electron chi connectivity index (χ0n) is 13.5. The third kappa shape index (κ3) is 3.28. The van der Waals surface area contributed by atoms with Crippen LogP contribution in [0, 0.1) is 6.92 Å². The lowest BCUT2D eigenvalue weighted by molar-refractivity contribution is 0.102. The minimum absolute atomic E-state index is 0.182. The molecule has 1 aliphatic rings. The van der Waals surface area contributed by atoms with Crippen molar-refractivity contribution in [2.75, 3.05) is 30.4 Å². The zero-order valence-corrected chi connectivity index (χ0v) is 13.5. The molecule has 1 N–H and O–H groups in total. The average Bonchev–Trinajstić information content (AvgIpc) is 3.11. The number of hydrogen-bond acceptors (Lipinski definition) is 4. The number of carbonyl (C=O) groups is 1. The molecule has 0 atom stereocenters. The maximum Gasteiger partial charge on any atom is 0.257 e. The number of methoxy groups -OCH3 is 1. The van der Waals surface area contributed by atoms with E-state index in [4.69, 9.17) is 4.74 Å². The second kappa shape index (κ2) is 6.69. The molecule has 1 fully saturated rings. The summed E-state index contributed by atoms with van der Waals surface area (Å²) in [5.41, 5.74) is 2.20. The Hall–Kier alpha value is -2.56. The van der Waals surface area contributed by atoms with Crippen molar-refractivity contribution in [1.29, 1.82) is 0 Å². The van der Waals surface area contributed by atoms with E-state index in [1.807, 2.05) is 37.3 Å². The highest BCUT2D eigenvalue weighted by atomic mass is 16.5. The molecule has 5 heteroatoms. The van der Waals surface area contributed by atoms with E-state index in [2.05, 4.69) is 15.2 Å². The van der Waals surface area contributed by atoms with E-state index in [9.17, 15) is 4.79 Å². The van der Waals surface area contributed by atoms with Crippen LogP contribution >= 0.6 is 0 Å². The van der Waals surface area contributed by atoms with E-state index < -0.39 is 0 Å². The fourth-order valence-corrected chi connectivity index (χ4v) is 2.81. The SMILES string of the molecule is COc1cccc(C)c1NC(=O)c1ccc(N2CCCC2)nc1. The van der Waals surface area contributed by atoms with E-state index in [0.717, 1.165) is 24.5 Å². The smallest absolute Gasteiger partial charge is 0.257 e. The quantitative estimate of drug-likeness (QED) is 0.941. The van der Waals surface area contributed by atoms with Crippen molar-refractivity contribution >= 4 is 17.4 Å². The van der Waals surface area contributed by atoms with E-state index in [0.29, 0.717) is 17.0 Å². The first-order chi connectivity index (χ1) is 11.2. The van der Waals surface area contributed by atoms with E-state index >= 15 is 0 Å². The van der Waals surface area contributed by atoms with Gasteiger partial charge in [-0.15, -0.1) is 0 Å². The van der Waals surface area contributed by atoms with Crippen LogP contribution in [-0.4, -0.2) is 31.1 Å². The van der Waals surface area contributed by atoms with Gasteiger partial charge < -0.3 is 15.0 Å². The van der Waals surface area contributed by atoms with Gasteiger partial charge >= 0.3 is 0 Å². The Bertz CT molecular complexity index is 692. The summed E-state index contributed by atoms with van der Waals surface area (Å²) in [6, 6.07) is 9.40. The zero-order chi connectivity index (χ0) is 16.2. The van der Waals surface area contributed by atoms with Crippen LogP contribution in [0.3, 0.4) is 0 Å². The summed E-state index contributed by atoms with van der Waals surface area (Å²) in [4.78, 5) is 19.1. The molecule has 0 saturated carbocycles. The summed E-state index contributed by atoms with van der Waals surface area (Å²) in [5, 5.41) is 2.92. The van der Waals surface area contributed by atoms with Crippen molar-refractivity contribution in [3.63, 3.8) is 0 Å². The van der Waals surface area contributed by atoms with Gasteiger partial charge in [0, 0.05) is 19.3 Å². The van der Waals surface area contributed by atoms with Crippen molar-refractivity contribution < 1.29 is 9.53 Å². The van der Waals surface area contributed by atoms with Crippen molar-refractivity contribution in [2.45, 2.75) is 19.8 Å². The molecule has 0 radical (unpaired) electrons. The highest BCUT2D eigenvalue weighted by Crippen LogP contribution is 2.28. The van der Waals surface area contributed by atoms with E-state index in [-0.39, 0.29) is 5.91 Å². The molecule has 23 heavy (non-hydrogen) atoms. The van der Waals surface area contributed by atoms with Gasteiger partial charge in [0.1, 0.15) is 11.6 Å². The lowest BCUT2D eigenvalue weighted by Crippen LogP contribution is -2.19. The molecule has 5 nitrogen and oxygen atoms in total. The lowest BCUT2D eigenvalue weighted by Gasteiger charge is -2.16. The van der Waals surface area contributed by atoms with Crippen molar-refractivity contribution in [3.8, 4) is 5.75 Å². The number of aromatic nitrogens is 1. The topological polar surface area (TPSA) is 54.5 Å². The molecule has 3 rings (SSSR count). The third-order valence-electron chi connectivity index (χ3n) is 4.13. The predicted molar refractivity (Wildman–Crippen MR) is 91.4 cm³/mol. The molecule has 0 aliphatic carbocycles. The summed E-state index contributed by atoms with van der Waals surface area (Å²) in [6.45, 7) is 4.02. The molecular weight excluding hydrogens is 290 g/mol. The molecule has 0 spiro atoms. The summed E-state index contributed by atoms with van der Waals surface area (Å²) < 4.78 is 5.31. The molecule has 1 aromatic heterocycles. The Morgan fingerprint density at radius 1 is 1.22 bits per heavy atom. The summed E-state index contributed by atoms with van der Waals surface area (Å²) >= 11 is 0. The number of anilines is 2. The summed E-state index contributed by atoms with van der Waals surface area (Å²) in [7, 11) is 1.59. The number of hydrogen-bond donors (Lipinski definition) is 1. The second-order valence-electron chi connectivity index (χ2n) is 5.71. The van der Waals surface area contributed by atoms with Crippen LogP contribution in [0.5, 0.6) is 5.75 Å². The molecule has 1 aliphatic heterocycles. The van der Waals surface area contributed by atoms with Crippen molar-refractivity contribution in [3.05, 3.63) is 47.7 Å². The van der Waals surface area contributed by atoms with Gasteiger partial charge in [0.05, 0.1) is 18.4 Å². The first-order valence-electron chi connectivity index (χ1n) is 7.85. The van der Waals surface area contributed by atoms with Crippen LogP contribution in [0.2, 0.25) is 0 Å². The van der Waals surface area contributed by atoms with E-state index in [1.54, 1.807) is 13.3 Å². The van der Waals surface area contributed by atoms with Gasteiger partial charge in [0.25, 0.3) is 5.91 Å². The maximum atomic E-state index is 12.4. The number of nitrogens with zero attached hydrogens (tertiary/aromatic N) is 2. The number of para-hydroxylation sites is 1. The maximum absolute atomic E-state index is 12.4. The van der Waals surface area contributed by atoms with Gasteiger partial charge in [0.2, 0.25) is 0 Å². The Kier molecular flexibility index (Phi) is 4.46. The third-order valence-corrected chi connectivity index (χ3v) is 4.13. The molecule has 1 saturated heterocycles. The van der Waals surface area contributed by atoms with Gasteiger partial charge in [-0.05, 0) is 43.5 Å². The average molecular weight is 311 g/mol. The Morgan fingerprint density at radius 3 is 2.65 bits per heavy atom. The van der Waals surface area contributed by atoms with Gasteiger partial charge in [-0.2, -0.15) is 0 Å². The highest BCUT2D eigenvalue weighted by molar-refractivity contribution is 6.05. The second-order valence-corrected chi connectivity index (χ2v) is 5.71. The number of aryl methyl sites for hydroxylation is 1. The molecule has 2 aromatic rings. The number of ether oxygens (including phenoxy) is 1. The monoisotopic (exact) mass is 311 g/mol. The Morgan fingerprint density at radius 2 is 2.00 bits per heavy atom. The predicted octanol–water partition coefficient (Wildman–Crippen LogP) is 3.25. The first kappa shape index (κ1) is 15.3. The van der Waals surface area contributed by atoms with Crippen LogP contribution in [0.4, 0.5) is 11.5 Å². The molecule has 1 aromatic carbocycles. The van der Waals surface area contributed by atoms with Crippen LogP contribution in [0.15, 0.2) is 36.5 Å². The van der Waals surface area contributed by atoms with Crippen molar-refractivity contribution in [1.82, 2.24) is 4.98 Å². The van der Waals surface area contributed by atoms with Gasteiger partial charge in [-0.25, -0.2) is 4.98 Å². The highest BCUT2D eigenvalue weighted by Gasteiger charge is 2.15. The number of amides is 1. The first-order valence-corrected chi connectivity index (χ1v) is 7.85. The molecule has 1 amide bonds. The summed E-state index contributed by atoms with van der Waals surface area (Å²) in [6.07, 6.45) is 4.04. The van der Waals surface area contributed by atoms with Crippen LogP contribution in [-0.2, 0) is 0 Å². The minimum atomic E-state index is -0.182. The molecule has 120 valence electrons. The molecular formula is C18H21N3O2. The van der Waals surface area contributed by atoms with Gasteiger partial charge in [-0.3, -0.25) is 4.79 Å². The Balaban J connectivity index is 1.76. The van der Waals surface area contributed by atoms with Gasteiger partial charge in [-0.1, -0.05) is 12.1 Å². The minimum Gasteiger partial charge on any atom is -0.495 e. The van der Waals surface area contributed by atoms with Crippen LogP contribution in [0.1, 0.15) is 28.8 Å². The number of rotatable bonds is 4. The summed E-state index contributed by atoms with van der Waals surface area (Å²) in [5.74, 6) is 1.41. The number of benzene rings is 1. The van der Waals surface area contributed by atoms with Crippen molar-refractivity contribution in [2.24, 2.45) is 0 Å². The molecule has 0 unspecified atom stereocenters. The van der Waals surface area contributed by atoms with E-state index in [1.165, 1.54) is 12.8 Å². The fraction of sp³-hybridized carbons (Fsp3) is 0.333. The number of pyridine rings is 1. The molecule has 0 bridgehead atoms. The Labute approximate surface area is 136 Å². The lowest BCUT2D eigenvalue weighted by atomic mass is 10.1. The normalized spacial score (nSPS) is 13.9. The standard InChI is InChI=1S/C18H21N3O2/c1-13-6-5-7-15(23-2)17(13)20-18(22)14-8-9-16(19-12-14)21-10-3-4-11-21/h5-9,12H,3-4,10-11H2,1-2H3,(H,20,22). The van der Waals surface area contributed by atoms with Crippen LogP contribution in [0.25, 0.3) is 0 Å². The fourth-order valence-electron chi connectivity index (χ4n) is 2.81. The van der Waals surface area contributed by atoms with Gasteiger partial charge in [0.15, 0.2) is 0 Å². The van der Waals surface area contributed by atoms with Crippen LogP contribution < -0.4 is 15.0 Å². The number of nitrogens with one attached hydrogen (secondary N) is 1.